The van der Waals surface area contributed by atoms with Gasteiger partial charge in [-0.25, -0.2) is 0 Å². The molecule has 0 aromatic heterocycles. The number of oxime groups is 1. The molecule has 0 bridgehead atoms. The highest BCUT2D eigenvalue weighted by molar-refractivity contribution is 6.32. The third kappa shape index (κ3) is 5.78. The van der Waals surface area contributed by atoms with Crippen LogP contribution in [0.15, 0.2) is 66.3 Å². The third-order valence-corrected chi connectivity index (χ3v) is 3.14. The average Bonchev–Trinajstić information content (AvgIpc) is 2.59. The van der Waals surface area contributed by atoms with Crippen LogP contribution in [0.5, 0.6) is 5.75 Å². The van der Waals surface area contributed by atoms with Gasteiger partial charge in [-0.05, 0) is 35.9 Å². The average molecular weight is 345 g/mol. The van der Waals surface area contributed by atoms with Gasteiger partial charge >= 0.3 is 0 Å². The van der Waals surface area contributed by atoms with Crippen molar-refractivity contribution in [1.29, 1.82) is 0 Å². The Kier molecular flexibility index (Phi) is 6.86. The van der Waals surface area contributed by atoms with Gasteiger partial charge in [-0.2, -0.15) is 0 Å². The summed E-state index contributed by atoms with van der Waals surface area (Å²) in [6.07, 6.45) is 3.11. The second-order valence-electron chi connectivity index (χ2n) is 4.71. The number of nitrogens with one attached hydrogen (secondary N) is 1. The van der Waals surface area contributed by atoms with Gasteiger partial charge in [0.15, 0.2) is 6.61 Å². The number of benzene rings is 2. The number of carbonyl (C=O) groups excluding carboxylic acids is 1. The number of hydrogen-bond donors (Lipinski definition) is 1. The number of amides is 1. The van der Waals surface area contributed by atoms with E-state index in [0.717, 1.165) is 5.56 Å². The largest absolute Gasteiger partial charge is 0.488 e. The molecule has 124 valence electrons. The standard InChI is InChI=1S/C18H17ClN2O3/c1-2-10-23-17-9-8-14(11-16(17)19)12-20-24-13-18(22)21-15-6-4-3-5-7-15/h2-9,11-12H,1,10,13H2,(H,21,22)/b20-12+. The van der Waals surface area contributed by atoms with Gasteiger partial charge in [0.25, 0.3) is 5.91 Å². The van der Waals surface area contributed by atoms with E-state index in [1.54, 1.807) is 36.4 Å². The first-order valence-electron chi connectivity index (χ1n) is 7.22. The second kappa shape index (κ2) is 9.37. The van der Waals surface area contributed by atoms with Gasteiger partial charge in [-0.3, -0.25) is 4.79 Å². The zero-order valence-corrected chi connectivity index (χ0v) is 13.7. The summed E-state index contributed by atoms with van der Waals surface area (Å²) in [6.45, 7) is 3.78. The molecular formula is C18H17ClN2O3. The molecule has 0 saturated carbocycles. The summed E-state index contributed by atoms with van der Waals surface area (Å²) in [7, 11) is 0. The number of hydrogen-bond acceptors (Lipinski definition) is 4. The van der Waals surface area contributed by atoms with E-state index in [9.17, 15) is 4.79 Å². The van der Waals surface area contributed by atoms with Crippen molar-refractivity contribution in [2.45, 2.75) is 0 Å². The fourth-order valence-corrected chi connectivity index (χ4v) is 2.02. The normalized spacial score (nSPS) is 10.4. The third-order valence-electron chi connectivity index (χ3n) is 2.84. The van der Waals surface area contributed by atoms with Crippen molar-refractivity contribution >= 4 is 29.4 Å². The summed E-state index contributed by atoms with van der Waals surface area (Å²) in [5, 5.41) is 6.91. The van der Waals surface area contributed by atoms with Gasteiger partial charge in [-0.15, -0.1) is 0 Å². The first-order chi connectivity index (χ1) is 11.7. The lowest BCUT2D eigenvalue weighted by molar-refractivity contribution is -0.120. The van der Waals surface area contributed by atoms with E-state index in [4.69, 9.17) is 21.2 Å². The van der Waals surface area contributed by atoms with Crippen molar-refractivity contribution in [3.63, 3.8) is 0 Å². The Hall–Kier alpha value is -2.79. The van der Waals surface area contributed by atoms with Crippen molar-refractivity contribution < 1.29 is 14.4 Å². The quantitative estimate of drug-likeness (QED) is 0.449. The van der Waals surface area contributed by atoms with E-state index in [0.29, 0.717) is 23.1 Å². The minimum absolute atomic E-state index is 0.181. The summed E-state index contributed by atoms with van der Waals surface area (Å²) in [4.78, 5) is 16.6. The molecule has 0 saturated heterocycles. The smallest absolute Gasteiger partial charge is 0.265 e. The number of halogens is 1. The van der Waals surface area contributed by atoms with Crippen LogP contribution in [0, 0.1) is 0 Å². The van der Waals surface area contributed by atoms with Crippen LogP contribution >= 0.6 is 11.6 Å². The first kappa shape index (κ1) is 17.6. The summed E-state index contributed by atoms with van der Waals surface area (Å²) in [5.74, 6) is 0.279. The summed E-state index contributed by atoms with van der Waals surface area (Å²) >= 11 is 6.09. The summed E-state index contributed by atoms with van der Waals surface area (Å²) in [6, 6.07) is 14.3. The highest BCUT2D eigenvalue weighted by Crippen LogP contribution is 2.24. The second-order valence-corrected chi connectivity index (χ2v) is 5.12. The van der Waals surface area contributed by atoms with Crippen LogP contribution in [0.4, 0.5) is 5.69 Å². The van der Waals surface area contributed by atoms with Crippen molar-refractivity contribution in [2.75, 3.05) is 18.5 Å². The van der Waals surface area contributed by atoms with Crippen LogP contribution in [-0.2, 0) is 9.63 Å². The van der Waals surface area contributed by atoms with Crippen molar-refractivity contribution in [2.24, 2.45) is 5.16 Å². The van der Waals surface area contributed by atoms with Gasteiger partial charge in [0.05, 0.1) is 11.2 Å². The molecule has 0 unspecified atom stereocenters. The number of nitrogens with zero attached hydrogens (tertiary/aromatic N) is 1. The molecule has 0 fully saturated rings. The predicted molar refractivity (Wildman–Crippen MR) is 95.8 cm³/mol. The molecule has 0 heterocycles. The highest BCUT2D eigenvalue weighted by atomic mass is 35.5. The van der Waals surface area contributed by atoms with Crippen molar-refractivity contribution in [3.8, 4) is 5.75 Å². The van der Waals surface area contributed by atoms with Gasteiger partial charge < -0.3 is 14.9 Å². The van der Waals surface area contributed by atoms with Crippen molar-refractivity contribution in [3.05, 3.63) is 71.8 Å². The Bertz CT molecular complexity index is 717. The SMILES string of the molecule is C=CCOc1ccc(/C=N/OCC(=O)Nc2ccccc2)cc1Cl. The molecule has 0 aliphatic carbocycles. The number of carbonyl (C=O) groups is 1. The van der Waals surface area contributed by atoms with E-state index < -0.39 is 0 Å². The maximum absolute atomic E-state index is 11.7. The molecule has 0 spiro atoms. The fourth-order valence-electron chi connectivity index (χ4n) is 1.78. The fraction of sp³-hybridized carbons (Fsp3) is 0.111. The Morgan fingerprint density at radius 1 is 1.25 bits per heavy atom. The Labute approximate surface area is 145 Å². The molecule has 2 aromatic carbocycles. The van der Waals surface area contributed by atoms with Crippen LogP contribution in [0.2, 0.25) is 5.02 Å². The van der Waals surface area contributed by atoms with Crippen molar-refractivity contribution in [1.82, 2.24) is 0 Å². The topological polar surface area (TPSA) is 59.9 Å². The van der Waals surface area contributed by atoms with E-state index in [1.807, 2.05) is 18.2 Å². The highest BCUT2D eigenvalue weighted by Gasteiger charge is 2.03. The Morgan fingerprint density at radius 3 is 2.75 bits per heavy atom. The molecular weight excluding hydrogens is 328 g/mol. The van der Waals surface area contributed by atoms with Crippen LogP contribution in [0.3, 0.4) is 0 Å². The number of rotatable bonds is 8. The Balaban J connectivity index is 1.80. The van der Waals surface area contributed by atoms with Crippen LogP contribution < -0.4 is 10.1 Å². The minimum atomic E-state index is -0.287. The first-order valence-corrected chi connectivity index (χ1v) is 7.60. The minimum Gasteiger partial charge on any atom is -0.488 e. The maximum atomic E-state index is 11.7. The van der Waals surface area contributed by atoms with Gasteiger partial charge in [0.2, 0.25) is 0 Å². The maximum Gasteiger partial charge on any atom is 0.265 e. The zero-order chi connectivity index (χ0) is 17.2. The van der Waals surface area contributed by atoms with Crippen LogP contribution in [0.25, 0.3) is 0 Å². The molecule has 0 aliphatic rings. The van der Waals surface area contributed by atoms with E-state index >= 15 is 0 Å². The summed E-state index contributed by atoms with van der Waals surface area (Å²) in [5.41, 5.74) is 1.44. The van der Waals surface area contributed by atoms with Gasteiger partial charge in [-0.1, -0.05) is 47.6 Å². The van der Waals surface area contributed by atoms with E-state index in [2.05, 4.69) is 17.1 Å². The lowest BCUT2D eigenvalue weighted by Gasteiger charge is -2.06. The van der Waals surface area contributed by atoms with Crippen LogP contribution in [-0.4, -0.2) is 25.3 Å². The van der Waals surface area contributed by atoms with Gasteiger partial charge in [0.1, 0.15) is 12.4 Å². The molecule has 6 heteroatoms. The molecule has 24 heavy (non-hydrogen) atoms. The molecule has 1 N–H and O–H groups in total. The number of anilines is 1. The predicted octanol–water partition coefficient (Wildman–Crippen LogP) is 3.89. The van der Waals surface area contributed by atoms with E-state index in [1.165, 1.54) is 6.21 Å². The molecule has 5 nitrogen and oxygen atoms in total. The van der Waals surface area contributed by atoms with E-state index in [-0.39, 0.29) is 12.5 Å². The lowest BCUT2D eigenvalue weighted by Crippen LogP contribution is -2.16. The Morgan fingerprint density at radius 2 is 2.04 bits per heavy atom. The zero-order valence-electron chi connectivity index (χ0n) is 12.9. The lowest BCUT2D eigenvalue weighted by atomic mass is 10.2. The van der Waals surface area contributed by atoms with Crippen LogP contribution in [0.1, 0.15) is 5.56 Å². The molecule has 0 aliphatic heterocycles. The van der Waals surface area contributed by atoms with Gasteiger partial charge in [0, 0.05) is 5.69 Å². The molecule has 2 rings (SSSR count). The molecule has 2 aromatic rings. The molecule has 0 radical (unpaired) electrons. The number of ether oxygens (including phenoxy) is 1. The molecule has 0 atom stereocenters. The summed E-state index contributed by atoms with van der Waals surface area (Å²) < 4.78 is 5.38. The molecule has 1 amide bonds. The number of para-hydroxylation sites is 1. The monoisotopic (exact) mass is 344 g/mol.